The van der Waals surface area contributed by atoms with E-state index in [1.165, 1.54) is 6.08 Å². The summed E-state index contributed by atoms with van der Waals surface area (Å²) in [6, 6.07) is 10.2. The van der Waals surface area contributed by atoms with Crippen LogP contribution in [0.3, 0.4) is 0 Å². The molecule has 0 unspecified atom stereocenters. The van der Waals surface area contributed by atoms with Crippen LogP contribution in [0.4, 0.5) is 10.5 Å². The van der Waals surface area contributed by atoms with Crippen LogP contribution in [0.25, 0.3) is 0 Å². The molecule has 2 aromatic rings. The Hall–Kier alpha value is -1.84. The fourth-order valence-corrected chi connectivity index (χ4v) is 4.09. The first kappa shape index (κ1) is 23.4. The number of carboxylic acid groups (broad SMARTS) is 1. The molecule has 0 saturated carbocycles. The van der Waals surface area contributed by atoms with Crippen LogP contribution < -0.4 is 5.32 Å². The number of ether oxygens (including phenoxy) is 1. The number of rotatable bonds is 6. The Morgan fingerprint density at radius 1 is 1.10 bits per heavy atom. The number of hydrogen-bond acceptors (Lipinski definition) is 4. The van der Waals surface area contributed by atoms with Gasteiger partial charge in [-0.3, -0.25) is 5.32 Å². The van der Waals surface area contributed by atoms with Gasteiger partial charge in [-0.2, -0.15) is 0 Å². The highest BCUT2D eigenvalue weighted by atomic mass is 79.9. The molecule has 6 nitrogen and oxygen atoms in total. The van der Waals surface area contributed by atoms with Crippen molar-refractivity contribution < 1.29 is 24.5 Å². The first-order valence-electron chi connectivity index (χ1n) is 8.33. The minimum Gasteiger partial charge on any atom is -0.506 e. The predicted molar refractivity (Wildman–Crippen MR) is 121 cm³/mol. The molecule has 9 heteroatoms. The maximum Gasteiger partial charge on any atom is 0.412 e. The average molecular weight is 592 g/mol. The number of hydrogen-bond donors (Lipinski definition) is 3. The summed E-state index contributed by atoms with van der Waals surface area (Å²) in [7, 11) is 0. The van der Waals surface area contributed by atoms with Crippen molar-refractivity contribution in [1.29, 1.82) is 0 Å². The highest BCUT2D eigenvalue weighted by molar-refractivity contribution is 9.11. The van der Waals surface area contributed by atoms with Crippen molar-refractivity contribution in [3.8, 4) is 5.75 Å². The third-order valence-electron chi connectivity index (χ3n) is 3.99. The molecule has 154 valence electrons. The third kappa shape index (κ3) is 6.58. The lowest BCUT2D eigenvalue weighted by Gasteiger charge is -2.32. The monoisotopic (exact) mass is 589 g/mol. The summed E-state index contributed by atoms with van der Waals surface area (Å²) in [4.78, 5) is 23.6. The summed E-state index contributed by atoms with van der Waals surface area (Å²) < 4.78 is 7.56. The standard InChI is InChI=1S/C20H18Br3NO5/c1-20(2,8-7-16(25)26)18(14-9-12(22)10-15(23)17(14)27)29-19(28)24-13-5-3-11(21)4-6-13/h3-10,18,27H,1-2H3,(H,24,28)(H,25,26)/b8-7+/t18-/m1/s1. The molecule has 0 heterocycles. The number of nitrogens with one attached hydrogen (secondary N) is 1. The maximum atomic E-state index is 12.6. The minimum absolute atomic E-state index is 0.105. The van der Waals surface area contributed by atoms with Crippen molar-refractivity contribution >= 4 is 65.5 Å². The van der Waals surface area contributed by atoms with Crippen molar-refractivity contribution in [2.24, 2.45) is 5.41 Å². The van der Waals surface area contributed by atoms with Gasteiger partial charge < -0.3 is 14.9 Å². The fraction of sp³-hybridized carbons (Fsp3) is 0.200. The molecule has 0 radical (unpaired) electrons. The Bertz CT molecular complexity index is 942. The molecule has 0 aliphatic heterocycles. The quantitative estimate of drug-likeness (QED) is 0.328. The summed E-state index contributed by atoms with van der Waals surface area (Å²) in [5, 5.41) is 22.2. The summed E-state index contributed by atoms with van der Waals surface area (Å²) in [5.41, 5.74) is -0.111. The summed E-state index contributed by atoms with van der Waals surface area (Å²) >= 11 is 9.95. The first-order chi connectivity index (χ1) is 13.5. The predicted octanol–water partition coefficient (Wildman–Crippen LogP) is 6.64. The zero-order valence-electron chi connectivity index (χ0n) is 15.4. The van der Waals surface area contributed by atoms with Gasteiger partial charge in [-0.1, -0.05) is 51.8 Å². The van der Waals surface area contributed by atoms with Gasteiger partial charge in [-0.25, -0.2) is 9.59 Å². The van der Waals surface area contributed by atoms with Gasteiger partial charge in [0.2, 0.25) is 0 Å². The van der Waals surface area contributed by atoms with Crippen molar-refractivity contribution in [1.82, 2.24) is 0 Å². The Morgan fingerprint density at radius 3 is 2.31 bits per heavy atom. The van der Waals surface area contributed by atoms with Crippen LogP contribution in [0.15, 0.2) is 62.0 Å². The SMILES string of the molecule is CC(C)(/C=C/C(=O)O)[C@H](OC(=O)Nc1ccc(Br)cc1)c1cc(Br)cc(Br)c1O. The molecular formula is C20H18Br3NO5. The van der Waals surface area contributed by atoms with E-state index in [4.69, 9.17) is 9.84 Å². The lowest BCUT2D eigenvalue weighted by Crippen LogP contribution is -2.28. The van der Waals surface area contributed by atoms with E-state index in [9.17, 15) is 14.7 Å². The lowest BCUT2D eigenvalue weighted by atomic mass is 9.81. The molecule has 2 rings (SSSR count). The van der Waals surface area contributed by atoms with Crippen molar-refractivity contribution in [3.63, 3.8) is 0 Å². The van der Waals surface area contributed by atoms with E-state index >= 15 is 0 Å². The second kappa shape index (κ2) is 9.77. The van der Waals surface area contributed by atoms with E-state index in [0.717, 1.165) is 10.5 Å². The van der Waals surface area contributed by atoms with E-state index in [2.05, 4.69) is 53.1 Å². The van der Waals surface area contributed by atoms with Gasteiger partial charge in [0.25, 0.3) is 0 Å². The van der Waals surface area contributed by atoms with E-state index in [0.29, 0.717) is 20.2 Å². The molecule has 1 atom stereocenters. The van der Waals surface area contributed by atoms with Gasteiger partial charge in [-0.15, -0.1) is 0 Å². The second-order valence-corrected chi connectivity index (χ2v) is 9.42. The third-order valence-corrected chi connectivity index (χ3v) is 5.58. The number of carbonyl (C=O) groups is 2. The molecule has 1 amide bonds. The van der Waals surface area contributed by atoms with Gasteiger partial charge in [-0.05, 0) is 52.3 Å². The molecule has 0 saturated heterocycles. The molecule has 0 bridgehead atoms. The van der Waals surface area contributed by atoms with Crippen molar-refractivity contribution in [2.45, 2.75) is 20.0 Å². The molecule has 0 aromatic heterocycles. The van der Waals surface area contributed by atoms with E-state index < -0.39 is 23.6 Å². The van der Waals surface area contributed by atoms with Crippen molar-refractivity contribution in [3.05, 3.63) is 67.5 Å². The minimum atomic E-state index is -1.13. The molecule has 0 spiro atoms. The summed E-state index contributed by atoms with van der Waals surface area (Å²) in [6.45, 7) is 3.41. The number of halogens is 3. The van der Waals surface area contributed by atoms with Gasteiger partial charge in [0.15, 0.2) is 0 Å². The summed E-state index contributed by atoms with van der Waals surface area (Å²) in [5.74, 6) is -1.23. The van der Waals surface area contributed by atoms with Crippen LogP contribution in [0.2, 0.25) is 0 Å². The smallest absolute Gasteiger partial charge is 0.412 e. The molecular weight excluding hydrogens is 574 g/mol. The average Bonchev–Trinajstić information content (AvgIpc) is 2.63. The second-order valence-electron chi connectivity index (χ2n) is 6.74. The van der Waals surface area contributed by atoms with Crippen LogP contribution in [-0.2, 0) is 9.53 Å². The Morgan fingerprint density at radius 2 is 1.72 bits per heavy atom. The Kier molecular flexibility index (Phi) is 7.90. The van der Waals surface area contributed by atoms with Gasteiger partial charge in [0.05, 0.1) is 4.47 Å². The van der Waals surface area contributed by atoms with Gasteiger partial charge in [0.1, 0.15) is 11.9 Å². The normalized spacial score (nSPS) is 12.6. The maximum absolute atomic E-state index is 12.6. The lowest BCUT2D eigenvalue weighted by molar-refractivity contribution is -0.131. The molecule has 0 aliphatic carbocycles. The number of carboxylic acids is 1. The topological polar surface area (TPSA) is 95.9 Å². The van der Waals surface area contributed by atoms with Crippen LogP contribution in [0, 0.1) is 5.41 Å². The van der Waals surface area contributed by atoms with Crippen LogP contribution >= 0.6 is 47.8 Å². The largest absolute Gasteiger partial charge is 0.506 e. The fourth-order valence-electron chi connectivity index (χ4n) is 2.56. The molecule has 3 N–H and O–H groups in total. The molecule has 0 fully saturated rings. The van der Waals surface area contributed by atoms with E-state index in [-0.39, 0.29) is 5.75 Å². The number of phenolic OH excluding ortho intramolecular Hbond substituents is 1. The number of phenols is 1. The highest BCUT2D eigenvalue weighted by Crippen LogP contribution is 2.45. The van der Waals surface area contributed by atoms with Crippen LogP contribution in [0.5, 0.6) is 5.75 Å². The molecule has 0 aliphatic rings. The van der Waals surface area contributed by atoms with Crippen LogP contribution in [-0.4, -0.2) is 22.3 Å². The zero-order chi connectivity index (χ0) is 21.8. The first-order valence-corrected chi connectivity index (χ1v) is 10.7. The number of anilines is 1. The number of benzene rings is 2. The highest BCUT2D eigenvalue weighted by Gasteiger charge is 2.35. The molecule has 2 aromatic carbocycles. The van der Waals surface area contributed by atoms with E-state index in [1.54, 1.807) is 50.2 Å². The number of carbonyl (C=O) groups excluding carboxylic acids is 1. The number of aromatic hydroxyl groups is 1. The van der Waals surface area contributed by atoms with Gasteiger partial charge in [0, 0.05) is 31.7 Å². The number of amides is 1. The summed E-state index contributed by atoms with van der Waals surface area (Å²) in [6.07, 6.45) is 0.667. The van der Waals surface area contributed by atoms with E-state index in [1.807, 2.05) is 0 Å². The Labute approximate surface area is 193 Å². The molecule has 29 heavy (non-hydrogen) atoms. The zero-order valence-corrected chi connectivity index (χ0v) is 20.2. The van der Waals surface area contributed by atoms with Crippen LogP contribution in [0.1, 0.15) is 25.5 Å². The van der Waals surface area contributed by atoms with Crippen molar-refractivity contribution in [2.75, 3.05) is 5.32 Å². The number of aliphatic carboxylic acids is 1. The Balaban J connectivity index is 2.40. The van der Waals surface area contributed by atoms with Gasteiger partial charge >= 0.3 is 12.1 Å².